The van der Waals surface area contributed by atoms with Gasteiger partial charge in [0.15, 0.2) is 5.13 Å². The highest BCUT2D eigenvalue weighted by atomic mass is 32.1. The van der Waals surface area contributed by atoms with Gasteiger partial charge in [-0.25, -0.2) is 9.97 Å². The van der Waals surface area contributed by atoms with Crippen molar-refractivity contribution in [3.8, 4) is 0 Å². The second kappa shape index (κ2) is 7.73. The summed E-state index contributed by atoms with van der Waals surface area (Å²) in [6.45, 7) is 1.07. The maximum absolute atomic E-state index is 12.3. The molecule has 0 atom stereocenters. The lowest BCUT2D eigenvalue weighted by Gasteiger charge is -2.15. The quantitative estimate of drug-likeness (QED) is 0.669. The average molecular weight is 337 g/mol. The molecule has 1 aliphatic carbocycles. The first-order chi connectivity index (χ1) is 11.1. The van der Waals surface area contributed by atoms with Crippen molar-refractivity contribution in [1.82, 2.24) is 19.9 Å². The summed E-state index contributed by atoms with van der Waals surface area (Å²) < 4.78 is 1.97. The predicted molar refractivity (Wildman–Crippen MR) is 85.8 cm³/mol. The molecule has 2 aromatic heterocycles. The lowest BCUT2D eigenvalue weighted by molar-refractivity contribution is -0.127. The van der Waals surface area contributed by atoms with Gasteiger partial charge >= 0.3 is 0 Å². The van der Waals surface area contributed by atoms with Crippen LogP contribution >= 0.6 is 11.3 Å². The summed E-state index contributed by atoms with van der Waals surface area (Å²) in [5, 5.41) is 12.4. The molecule has 0 saturated heterocycles. The molecule has 2 aromatic rings. The van der Waals surface area contributed by atoms with Crippen molar-refractivity contribution in [2.75, 3.05) is 12.3 Å². The van der Waals surface area contributed by atoms with Crippen molar-refractivity contribution in [2.45, 2.75) is 25.8 Å². The number of hydrogen-bond donors (Lipinski definition) is 3. The number of imidazole rings is 1. The Hall–Kier alpha value is -2.42. The van der Waals surface area contributed by atoms with Gasteiger partial charge in [0.05, 0.1) is 17.4 Å². The third-order valence-corrected chi connectivity index (χ3v) is 4.34. The van der Waals surface area contributed by atoms with Crippen LogP contribution in [0, 0.1) is 5.41 Å². The molecule has 0 spiro atoms. The zero-order chi connectivity index (χ0) is 16.7. The fourth-order valence-corrected chi connectivity index (χ4v) is 2.86. The molecular formula is C14H19N5O3S. The van der Waals surface area contributed by atoms with Crippen molar-refractivity contribution in [3.63, 3.8) is 0 Å². The van der Waals surface area contributed by atoms with Gasteiger partial charge in [0.1, 0.15) is 0 Å². The van der Waals surface area contributed by atoms with Crippen molar-refractivity contribution in [2.24, 2.45) is 5.41 Å². The Bertz CT molecular complexity index is 637. The Kier molecular flexibility index (Phi) is 5.69. The van der Waals surface area contributed by atoms with Gasteiger partial charge in [0.2, 0.25) is 5.91 Å². The molecule has 0 bridgehead atoms. The first-order valence-electron chi connectivity index (χ1n) is 7.11. The number of carboxylic acid groups (broad SMARTS) is 1. The smallest absolute Gasteiger partial charge is 0.290 e. The molecule has 1 saturated carbocycles. The number of nitrogens with one attached hydrogen (secondary N) is 1. The second-order valence-electron chi connectivity index (χ2n) is 5.30. The Morgan fingerprint density at radius 2 is 2.30 bits per heavy atom. The van der Waals surface area contributed by atoms with Crippen LogP contribution in [0.5, 0.6) is 0 Å². The monoisotopic (exact) mass is 337 g/mol. The number of amides is 1. The molecule has 1 amide bonds. The van der Waals surface area contributed by atoms with E-state index in [2.05, 4.69) is 15.3 Å². The number of hydrogen-bond acceptors (Lipinski definition) is 6. The molecule has 1 aliphatic rings. The number of anilines is 1. The van der Waals surface area contributed by atoms with E-state index in [1.165, 1.54) is 11.3 Å². The van der Waals surface area contributed by atoms with Crippen LogP contribution in [-0.4, -0.2) is 38.6 Å². The molecule has 0 aromatic carbocycles. The van der Waals surface area contributed by atoms with E-state index in [4.69, 9.17) is 15.6 Å². The molecule has 1 fully saturated rings. The van der Waals surface area contributed by atoms with Gasteiger partial charge in [-0.3, -0.25) is 9.59 Å². The molecule has 0 aliphatic heterocycles. The minimum Gasteiger partial charge on any atom is -0.483 e. The molecule has 124 valence electrons. The molecule has 8 nitrogen and oxygen atoms in total. The van der Waals surface area contributed by atoms with E-state index in [0.717, 1.165) is 25.0 Å². The number of nitrogens with two attached hydrogens (primary N) is 1. The fraction of sp³-hybridized carbons (Fsp3) is 0.429. The largest absolute Gasteiger partial charge is 0.483 e. The predicted octanol–water partition coefficient (Wildman–Crippen LogP) is 0.762. The van der Waals surface area contributed by atoms with E-state index in [1.807, 2.05) is 16.1 Å². The zero-order valence-corrected chi connectivity index (χ0v) is 13.3. The normalized spacial score (nSPS) is 14.4. The van der Waals surface area contributed by atoms with Crippen LogP contribution in [0.4, 0.5) is 5.13 Å². The highest BCUT2D eigenvalue weighted by Gasteiger charge is 2.49. The van der Waals surface area contributed by atoms with Gasteiger partial charge in [0, 0.05) is 37.3 Å². The Balaban J connectivity index is 0.000000595. The molecule has 3 rings (SSSR count). The first-order valence-corrected chi connectivity index (χ1v) is 7.99. The van der Waals surface area contributed by atoms with Crippen molar-refractivity contribution in [1.29, 1.82) is 0 Å². The van der Waals surface area contributed by atoms with Gasteiger partial charge in [0.25, 0.3) is 6.47 Å². The highest BCUT2D eigenvalue weighted by Crippen LogP contribution is 2.47. The third kappa shape index (κ3) is 4.78. The third-order valence-electron chi connectivity index (χ3n) is 3.62. The number of rotatable bonds is 6. The maximum atomic E-state index is 12.3. The van der Waals surface area contributed by atoms with Gasteiger partial charge in [-0.05, 0) is 12.8 Å². The van der Waals surface area contributed by atoms with Gasteiger partial charge in [-0.15, -0.1) is 11.3 Å². The van der Waals surface area contributed by atoms with Crippen molar-refractivity contribution in [3.05, 3.63) is 29.8 Å². The maximum Gasteiger partial charge on any atom is 0.290 e. The average Bonchev–Trinajstić information content (AvgIpc) is 2.91. The van der Waals surface area contributed by atoms with Crippen molar-refractivity contribution < 1.29 is 14.7 Å². The highest BCUT2D eigenvalue weighted by molar-refractivity contribution is 7.13. The standard InChI is InChI=1S/C13H17N5OS.CH2O2/c14-12-17-10(7-20-12)1-4-16-11(19)13(2-3-13)8-18-6-5-15-9-18;2-1-3/h5-7,9H,1-4,8H2,(H2,14,17)(H,16,19);1H,(H,2,3). The van der Waals surface area contributed by atoms with E-state index >= 15 is 0 Å². The second-order valence-corrected chi connectivity index (χ2v) is 6.19. The van der Waals surface area contributed by atoms with Gasteiger partial charge < -0.3 is 20.7 Å². The Morgan fingerprint density at radius 1 is 1.57 bits per heavy atom. The number of carbonyl (C=O) groups excluding carboxylic acids is 1. The van der Waals surface area contributed by atoms with Crippen LogP contribution in [0.1, 0.15) is 18.5 Å². The number of carbonyl (C=O) groups is 2. The number of aromatic nitrogens is 3. The van der Waals surface area contributed by atoms with E-state index in [1.54, 1.807) is 12.5 Å². The summed E-state index contributed by atoms with van der Waals surface area (Å²) >= 11 is 1.43. The zero-order valence-electron chi connectivity index (χ0n) is 12.5. The minimum atomic E-state index is -0.250. The molecule has 23 heavy (non-hydrogen) atoms. The van der Waals surface area contributed by atoms with E-state index in [9.17, 15) is 4.79 Å². The number of thiazole rings is 1. The van der Waals surface area contributed by atoms with Gasteiger partial charge in [-0.2, -0.15) is 0 Å². The summed E-state index contributed by atoms with van der Waals surface area (Å²) in [5.41, 5.74) is 6.28. The molecule has 2 heterocycles. The fourth-order valence-electron chi connectivity index (χ4n) is 2.27. The molecule has 9 heteroatoms. The van der Waals surface area contributed by atoms with E-state index in [-0.39, 0.29) is 17.8 Å². The summed E-state index contributed by atoms with van der Waals surface area (Å²) in [5.74, 6) is 0.134. The number of nitrogens with zero attached hydrogens (tertiary/aromatic N) is 3. The lowest BCUT2D eigenvalue weighted by atomic mass is 10.1. The van der Waals surface area contributed by atoms with E-state index in [0.29, 0.717) is 18.2 Å². The van der Waals surface area contributed by atoms with Crippen LogP contribution < -0.4 is 11.1 Å². The van der Waals surface area contributed by atoms with Crippen LogP contribution in [0.15, 0.2) is 24.1 Å². The molecular weight excluding hydrogens is 318 g/mol. The van der Waals surface area contributed by atoms with Crippen LogP contribution in [0.3, 0.4) is 0 Å². The molecule has 0 radical (unpaired) electrons. The molecule has 4 N–H and O–H groups in total. The topological polar surface area (TPSA) is 123 Å². The lowest BCUT2D eigenvalue weighted by Crippen LogP contribution is -2.35. The van der Waals surface area contributed by atoms with Crippen molar-refractivity contribution >= 4 is 28.8 Å². The SMILES string of the molecule is Nc1nc(CCNC(=O)C2(Cn3ccnc3)CC2)cs1.O=CO. The van der Waals surface area contributed by atoms with E-state index < -0.39 is 0 Å². The first kappa shape index (κ1) is 16.9. The van der Waals surface area contributed by atoms with Crippen LogP contribution in [-0.2, 0) is 22.6 Å². The summed E-state index contributed by atoms with van der Waals surface area (Å²) in [4.78, 5) is 28.8. The minimum absolute atomic E-state index is 0.134. The molecule has 0 unspecified atom stereocenters. The van der Waals surface area contributed by atoms with Gasteiger partial charge in [-0.1, -0.05) is 0 Å². The van der Waals surface area contributed by atoms with Crippen LogP contribution in [0.25, 0.3) is 0 Å². The summed E-state index contributed by atoms with van der Waals surface area (Å²) in [6, 6.07) is 0. The Labute approximate surface area is 137 Å². The summed E-state index contributed by atoms with van der Waals surface area (Å²) in [7, 11) is 0. The van der Waals surface area contributed by atoms with Crippen LogP contribution in [0.2, 0.25) is 0 Å². The summed E-state index contributed by atoms with van der Waals surface area (Å²) in [6.07, 6.45) is 8.00. The Morgan fingerprint density at radius 3 is 2.83 bits per heavy atom. The number of nitrogen functional groups attached to an aromatic ring is 1.